The van der Waals surface area contributed by atoms with Gasteiger partial charge in [-0.15, -0.1) is 0 Å². The van der Waals surface area contributed by atoms with Crippen molar-refractivity contribution in [1.29, 1.82) is 0 Å². The summed E-state index contributed by atoms with van der Waals surface area (Å²) in [5, 5.41) is 23.6. The Kier molecular flexibility index (Phi) is 5.66. The van der Waals surface area contributed by atoms with Gasteiger partial charge in [0.15, 0.2) is 0 Å². The van der Waals surface area contributed by atoms with Gasteiger partial charge >= 0.3 is 5.97 Å². The van der Waals surface area contributed by atoms with E-state index in [1.807, 2.05) is 18.2 Å². The molecule has 2 N–H and O–H groups in total. The Morgan fingerprint density at radius 1 is 1.35 bits per heavy atom. The van der Waals surface area contributed by atoms with Crippen molar-refractivity contribution >= 4 is 11.7 Å². The highest BCUT2D eigenvalue weighted by Gasteiger charge is 2.33. The van der Waals surface area contributed by atoms with Gasteiger partial charge in [0.25, 0.3) is 0 Å². The minimum Gasteiger partial charge on any atom is -0.469 e. The van der Waals surface area contributed by atoms with E-state index < -0.39 is 11.5 Å². The third-order valence-corrected chi connectivity index (χ3v) is 3.13. The quantitative estimate of drug-likeness (QED) is 0.360. The van der Waals surface area contributed by atoms with E-state index in [9.17, 15) is 15.2 Å². The largest absolute Gasteiger partial charge is 0.469 e. The van der Waals surface area contributed by atoms with E-state index in [4.69, 9.17) is 0 Å². The van der Waals surface area contributed by atoms with Crippen LogP contribution in [0.3, 0.4) is 0 Å². The van der Waals surface area contributed by atoms with Crippen molar-refractivity contribution in [2.24, 2.45) is 5.16 Å². The number of esters is 1. The molecule has 0 atom stereocenters. The monoisotopic (exact) mass is 280 g/mol. The molecule has 1 aromatic rings. The van der Waals surface area contributed by atoms with Crippen LogP contribution in [0.4, 0.5) is 0 Å². The number of carbonyl (C=O) groups excluding carboxylic acids is 1. The summed E-state index contributed by atoms with van der Waals surface area (Å²) in [7, 11) is 1.29. The smallest absolute Gasteiger partial charge is 0.306 e. The summed E-state index contributed by atoms with van der Waals surface area (Å²) in [4.78, 5) is 11.1. The highest BCUT2D eigenvalue weighted by Crippen LogP contribution is 2.20. The second-order valence-electron chi connectivity index (χ2n) is 4.82. The molecule has 0 fully saturated rings. The van der Waals surface area contributed by atoms with Crippen molar-refractivity contribution in [2.75, 3.05) is 13.7 Å². The molecular weight excluding hydrogens is 260 g/mol. The Hall–Kier alpha value is -1.92. The minimum absolute atomic E-state index is 0.0456. The van der Waals surface area contributed by atoms with Crippen molar-refractivity contribution in [3.63, 3.8) is 0 Å². The van der Waals surface area contributed by atoms with Crippen LogP contribution in [0.2, 0.25) is 0 Å². The maximum Gasteiger partial charge on any atom is 0.306 e. The van der Waals surface area contributed by atoms with Gasteiger partial charge in [-0.3, -0.25) is 4.79 Å². The number of hydrogen-bond donors (Lipinski definition) is 2. The van der Waals surface area contributed by atoms with Gasteiger partial charge in [0.2, 0.25) is 0 Å². The van der Waals surface area contributed by atoms with Gasteiger partial charge in [-0.05, 0) is 13.8 Å². The average Bonchev–Trinajstić information content (AvgIpc) is 2.45. The van der Waals surface area contributed by atoms with Crippen LogP contribution in [0.1, 0.15) is 25.8 Å². The van der Waals surface area contributed by atoms with Crippen LogP contribution in [-0.2, 0) is 9.53 Å². The molecule has 0 radical (unpaired) electrons. The maximum absolute atomic E-state index is 11.1. The first-order valence-electron chi connectivity index (χ1n) is 6.24. The molecule has 0 aromatic heterocycles. The summed E-state index contributed by atoms with van der Waals surface area (Å²) in [5.74, 6) is -0.415. The number of carbonyl (C=O) groups is 1. The lowest BCUT2D eigenvalue weighted by Crippen LogP contribution is -2.49. The lowest BCUT2D eigenvalue weighted by Gasteiger charge is -2.33. The van der Waals surface area contributed by atoms with E-state index >= 15 is 0 Å². The Bertz CT molecular complexity index is 471. The number of ether oxygens (including phenoxy) is 1. The predicted molar refractivity (Wildman–Crippen MR) is 74.0 cm³/mol. The fraction of sp³-hybridized carbons (Fsp3) is 0.429. The third-order valence-electron chi connectivity index (χ3n) is 3.13. The number of methoxy groups -OCH3 is 1. The van der Waals surface area contributed by atoms with Crippen molar-refractivity contribution < 1.29 is 19.9 Å². The van der Waals surface area contributed by atoms with Crippen LogP contribution < -0.4 is 0 Å². The molecule has 0 heterocycles. The van der Waals surface area contributed by atoms with Crippen molar-refractivity contribution in [3.8, 4) is 0 Å². The zero-order valence-electron chi connectivity index (χ0n) is 11.9. The number of benzene rings is 1. The first-order valence-corrected chi connectivity index (χ1v) is 6.24. The SMILES string of the molecule is COC(=O)CCN(O)C(C)(C)/C(=N/O)c1ccccc1. The topological polar surface area (TPSA) is 82.4 Å². The van der Waals surface area contributed by atoms with Gasteiger partial charge in [0.1, 0.15) is 5.71 Å². The van der Waals surface area contributed by atoms with Crippen LogP contribution in [0.5, 0.6) is 0 Å². The molecule has 0 spiro atoms. The van der Waals surface area contributed by atoms with Gasteiger partial charge in [-0.1, -0.05) is 35.5 Å². The second kappa shape index (κ2) is 7.02. The third kappa shape index (κ3) is 3.79. The molecule has 6 nitrogen and oxygen atoms in total. The molecule has 0 aliphatic carbocycles. The van der Waals surface area contributed by atoms with Crippen LogP contribution in [0.25, 0.3) is 0 Å². The number of rotatable bonds is 6. The minimum atomic E-state index is -0.954. The summed E-state index contributed by atoms with van der Waals surface area (Å²) in [6.45, 7) is 3.48. The molecule has 0 bridgehead atoms. The molecule has 6 heteroatoms. The molecule has 0 amide bonds. The summed E-state index contributed by atoms with van der Waals surface area (Å²) < 4.78 is 4.53. The van der Waals surface area contributed by atoms with Crippen LogP contribution >= 0.6 is 0 Å². The van der Waals surface area contributed by atoms with Crippen molar-refractivity contribution in [1.82, 2.24) is 5.06 Å². The Morgan fingerprint density at radius 2 is 1.95 bits per heavy atom. The zero-order chi connectivity index (χ0) is 15.2. The summed E-state index contributed by atoms with van der Waals surface area (Å²) in [5.41, 5.74) is 0.0482. The van der Waals surface area contributed by atoms with Gasteiger partial charge in [0.05, 0.1) is 19.1 Å². The summed E-state index contributed by atoms with van der Waals surface area (Å²) in [6, 6.07) is 9.04. The van der Waals surface area contributed by atoms with E-state index in [1.54, 1.807) is 26.0 Å². The first-order chi connectivity index (χ1) is 9.43. The molecule has 1 rings (SSSR count). The summed E-state index contributed by atoms with van der Waals surface area (Å²) in [6.07, 6.45) is 0.0456. The fourth-order valence-electron chi connectivity index (χ4n) is 1.83. The average molecular weight is 280 g/mol. The van der Waals surface area contributed by atoms with E-state index in [-0.39, 0.29) is 13.0 Å². The molecule has 20 heavy (non-hydrogen) atoms. The Labute approximate surface area is 118 Å². The van der Waals surface area contributed by atoms with Crippen LogP contribution in [0, 0.1) is 0 Å². The Morgan fingerprint density at radius 3 is 2.45 bits per heavy atom. The number of oxime groups is 1. The van der Waals surface area contributed by atoms with Gasteiger partial charge in [-0.25, -0.2) is 0 Å². The highest BCUT2D eigenvalue weighted by molar-refractivity contribution is 6.06. The molecule has 0 unspecified atom stereocenters. The fourth-order valence-corrected chi connectivity index (χ4v) is 1.83. The zero-order valence-corrected chi connectivity index (χ0v) is 11.9. The lowest BCUT2D eigenvalue weighted by molar-refractivity contribution is -0.155. The molecule has 0 aliphatic heterocycles. The first kappa shape index (κ1) is 16.1. The van der Waals surface area contributed by atoms with Crippen LogP contribution in [-0.4, -0.2) is 46.4 Å². The standard InChI is InChI=1S/C14H20N2O4/c1-14(2,16(19)10-9-12(17)20-3)13(15-18)11-7-5-4-6-8-11/h4-8,18-19H,9-10H2,1-3H3/b15-13+. The van der Waals surface area contributed by atoms with E-state index in [1.165, 1.54) is 7.11 Å². The molecule has 110 valence electrons. The number of nitrogens with zero attached hydrogens (tertiary/aromatic N) is 2. The number of hydrogen-bond acceptors (Lipinski definition) is 6. The van der Waals surface area contributed by atoms with E-state index in [2.05, 4.69) is 9.89 Å². The van der Waals surface area contributed by atoms with Gasteiger partial charge in [0, 0.05) is 12.1 Å². The summed E-state index contributed by atoms with van der Waals surface area (Å²) >= 11 is 0. The molecular formula is C14H20N2O4. The van der Waals surface area contributed by atoms with Gasteiger partial charge < -0.3 is 15.2 Å². The highest BCUT2D eigenvalue weighted by atomic mass is 16.5. The number of hydroxylamine groups is 2. The predicted octanol–water partition coefficient (Wildman–Crippen LogP) is 1.90. The van der Waals surface area contributed by atoms with Crippen LogP contribution in [0.15, 0.2) is 35.5 Å². The molecule has 1 aromatic carbocycles. The Balaban J connectivity index is 2.87. The molecule has 0 aliphatic rings. The normalized spacial score (nSPS) is 12.6. The molecule has 0 saturated carbocycles. The second-order valence-corrected chi connectivity index (χ2v) is 4.82. The van der Waals surface area contributed by atoms with E-state index in [0.29, 0.717) is 11.3 Å². The molecule has 0 saturated heterocycles. The maximum atomic E-state index is 11.1. The van der Waals surface area contributed by atoms with Gasteiger partial charge in [-0.2, -0.15) is 5.06 Å². The van der Waals surface area contributed by atoms with Crippen molar-refractivity contribution in [2.45, 2.75) is 25.8 Å². The van der Waals surface area contributed by atoms with Crippen molar-refractivity contribution in [3.05, 3.63) is 35.9 Å². The van der Waals surface area contributed by atoms with E-state index in [0.717, 1.165) is 5.06 Å². The lowest BCUT2D eigenvalue weighted by atomic mass is 9.91.